The topological polar surface area (TPSA) is 21.3 Å². The molecule has 0 fully saturated rings. The van der Waals surface area contributed by atoms with Crippen molar-refractivity contribution in [1.82, 2.24) is 5.32 Å². The zero-order chi connectivity index (χ0) is 14.5. The van der Waals surface area contributed by atoms with Crippen LogP contribution in [0.25, 0.3) is 0 Å². The van der Waals surface area contributed by atoms with Crippen molar-refractivity contribution in [1.29, 1.82) is 0 Å². The summed E-state index contributed by atoms with van der Waals surface area (Å²) in [6, 6.07) is 10.9. The fraction of sp³-hybridized carbons (Fsp3) is 0.647. The second-order valence-electron chi connectivity index (χ2n) is 7.20. The van der Waals surface area contributed by atoms with E-state index >= 15 is 0 Å². The van der Waals surface area contributed by atoms with E-state index in [1.165, 1.54) is 5.56 Å². The molecule has 0 aliphatic carbocycles. The molecule has 0 aromatic heterocycles. The molecule has 0 saturated carbocycles. The van der Waals surface area contributed by atoms with Gasteiger partial charge in [-0.25, -0.2) is 0 Å². The first-order chi connectivity index (χ1) is 8.66. The second-order valence-corrected chi connectivity index (χ2v) is 7.20. The van der Waals surface area contributed by atoms with Crippen LogP contribution in [0.5, 0.6) is 0 Å². The van der Waals surface area contributed by atoms with Crippen LogP contribution in [0.1, 0.15) is 47.1 Å². The van der Waals surface area contributed by atoms with Crippen LogP contribution in [0.4, 0.5) is 0 Å². The third kappa shape index (κ3) is 8.02. The van der Waals surface area contributed by atoms with Crippen LogP contribution >= 0.6 is 0 Å². The maximum absolute atomic E-state index is 5.95. The molecule has 0 heterocycles. The number of rotatable bonds is 5. The zero-order valence-electron chi connectivity index (χ0n) is 13.3. The van der Waals surface area contributed by atoms with Crippen molar-refractivity contribution < 1.29 is 4.74 Å². The average Bonchev–Trinajstić information content (AvgIpc) is 2.24. The molecule has 0 spiro atoms. The molecule has 0 radical (unpaired) electrons. The fourth-order valence-corrected chi connectivity index (χ4v) is 2.01. The van der Waals surface area contributed by atoms with Crippen molar-refractivity contribution in [3.63, 3.8) is 0 Å². The first kappa shape index (κ1) is 16.2. The van der Waals surface area contributed by atoms with Gasteiger partial charge in [-0.05, 0) is 53.5 Å². The quantitative estimate of drug-likeness (QED) is 0.872. The van der Waals surface area contributed by atoms with Crippen molar-refractivity contribution >= 4 is 0 Å². The summed E-state index contributed by atoms with van der Waals surface area (Å²) in [5, 5.41) is 3.65. The van der Waals surface area contributed by atoms with E-state index in [1.54, 1.807) is 0 Å². The summed E-state index contributed by atoms with van der Waals surface area (Å²) < 4.78 is 5.95. The van der Waals surface area contributed by atoms with Gasteiger partial charge in [-0.3, -0.25) is 0 Å². The molecule has 0 amide bonds. The highest BCUT2D eigenvalue weighted by Gasteiger charge is 2.20. The van der Waals surface area contributed by atoms with Gasteiger partial charge in [0.25, 0.3) is 0 Å². The Hall–Kier alpha value is -0.860. The molecule has 0 aliphatic rings. The van der Waals surface area contributed by atoms with Crippen molar-refractivity contribution in [2.45, 2.75) is 65.1 Å². The lowest BCUT2D eigenvalue weighted by Crippen LogP contribution is -2.48. The molecule has 1 atom stereocenters. The van der Waals surface area contributed by atoms with Gasteiger partial charge in [0.2, 0.25) is 0 Å². The zero-order valence-corrected chi connectivity index (χ0v) is 13.3. The molecule has 2 heteroatoms. The van der Waals surface area contributed by atoms with Crippen molar-refractivity contribution in [3.8, 4) is 0 Å². The van der Waals surface area contributed by atoms with Gasteiger partial charge in [-0.1, -0.05) is 30.3 Å². The van der Waals surface area contributed by atoms with Gasteiger partial charge in [0.05, 0.1) is 12.2 Å². The molecular weight excluding hydrogens is 234 g/mol. The highest BCUT2D eigenvalue weighted by atomic mass is 16.5. The van der Waals surface area contributed by atoms with Gasteiger partial charge in [-0.15, -0.1) is 0 Å². The highest BCUT2D eigenvalue weighted by molar-refractivity contribution is 5.16. The minimum Gasteiger partial charge on any atom is -0.374 e. The van der Waals surface area contributed by atoms with Crippen LogP contribution in [0, 0.1) is 0 Å². The number of benzene rings is 1. The van der Waals surface area contributed by atoms with Gasteiger partial charge in [-0.2, -0.15) is 0 Å². The molecule has 0 unspecified atom stereocenters. The summed E-state index contributed by atoms with van der Waals surface area (Å²) in [7, 11) is 0. The van der Waals surface area contributed by atoms with E-state index in [4.69, 9.17) is 4.74 Å². The predicted molar refractivity (Wildman–Crippen MR) is 82.5 cm³/mol. The minimum atomic E-state index is -0.0888. The predicted octanol–water partition coefficient (Wildman–Crippen LogP) is 3.80. The lowest BCUT2D eigenvalue weighted by molar-refractivity contribution is -0.0173. The molecule has 2 nitrogen and oxygen atoms in total. The number of nitrogens with one attached hydrogen (secondary N) is 1. The molecule has 1 N–H and O–H groups in total. The van der Waals surface area contributed by atoms with Crippen LogP contribution in [0.2, 0.25) is 0 Å². The Kier molecular flexibility index (Phi) is 5.57. The molecule has 1 rings (SSSR count). The molecule has 0 aliphatic heterocycles. The smallest absolute Gasteiger partial charge is 0.0630 e. The SMILES string of the molecule is CC(C)(C)N[C@H](COC(C)(C)C)Cc1ccccc1. The van der Waals surface area contributed by atoms with Gasteiger partial charge >= 0.3 is 0 Å². The van der Waals surface area contributed by atoms with Gasteiger partial charge in [0.15, 0.2) is 0 Å². The molecular formula is C17H29NO. The Morgan fingerprint density at radius 3 is 2.05 bits per heavy atom. The largest absolute Gasteiger partial charge is 0.374 e. The average molecular weight is 263 g/mol. The maximum atomic E-state index is 5.95. The fourth-order valence-electron chi connectivity index (χ4n) is 2.01. The Morgan fingerprint density at radius 1 is 1.00 bits per heavy atom. The Labute approximate surface area is 118 Å². The van der Waals surface area contributed by atoms with Crippen LogP contribution in [-0.4, -0.2) is 23.8 Å². The lowest BCUT2D eigenvalue weighted by atomic mass is 10.0. The van der Waals surface area contributed by atoms with Crippen molar-refractivity contribution in [2.24, 2.45) is 0 Å². The van der Waals surface area contributed by atoms with Gasteiger partial charge in [0, 0.05) is 11.6 Å². The second kappa shape index (κ2) is 6.53. The maximum Gasteiger partial charge on any atom is 0.0630 e. The van der Waals surface area contributed by atoms with E-state index in [-0.39, 0.29) is 11.1 Å². The van der Waals surface area contributed by atoms with E-state index in [0.717, 1.165) is 13.0 Å². The van der Waals surface area contributed by atoms with Gasteiger partial charge < -0.3 is 10.1 Å². The molecule has 1 aromatic rings. The van der Waals surface area contributed by atoms with Crippen molar-refractivity contribution in [2.75, 3.05) is 6.61 Å². The van der Waals surface area contributed by atoms with Crippen LogP contribution in [-0.2, 0) is 11.2 Å². The Morgan fingerprint density at radius 2 is 1.58 bits per heavy atom. The lowest BCUT2D eigenvalue weighted by Gasteiger charge is -2.31. The summed E-state index contributed by atoms with van der Waals surface area (Å²) in [4.78, 5) is 0. The summed E-state index contributed by atoms with van der Waals surface area (Å²) in [6.07, 6.45) is 0.994. The monoisotopic (exact) mass is 263 g/mol. The number of ether oxygens (including phenoxy) is 1. The van der Waals surface area contributed by atoms with Crippen LogP contribution < -0.4 is 5.32 Å². The first-order valence-electron chi connectivity index (χ1n) is 7.11. The van der Waals surface area contributed by atoms with Crippen molar-refractivity contribution in [3.05, 3.63) is 35.9 Å². The van der Waals surface area contributed by atoms with Crippen LogP contribution in [0.15, 0.2) is 30.3 Å². The summed E-state index contributed by atoms with van der Waals surface area (Å²) in [5.41, 5.74) is 1.36. The molecule has 19 heavy (non-hydrogen) atoms. The third-order valence-corrected chi connectivity index (χ3v) is 2.68. The van der Waals surface area contributed by atoms with Crippen LogP contribution in [0.3, 0.4) is 0 Å². The van der Waals surface area contributed by atoms with E-state index in [2.05, 4.69) is 77.2 Å². The minimum absolute atomic E-state index is 0.0888. The van der Waals surface area contributed by atoms with E-state index < -0.39 is 0 Å². The third-order valence-electron chi connectivity index (χ3n) is 2.68. The molecule has 108 valence electrons. The normalized spacial score (nSPS) is 14.4. The number of hydrogen-bond acceptors (Lipinski definition) is 2. The molecule has 1 aromatic carbocycles. The molecule has 0 bridgehead atoms. The molecule has 0 saturated heterocycles. The number of hydrogen-bond donors (Lipinski definition) is 1. The standard InChI is InChI=1S/C17H29NO/c1-16(2,3)18-15(13-19-17(4,5)6)12-14-10-8-7-9-11-14/h7-11,15,18H,12-13H2,1-6H3/t15-/m0/s1. The van der Waals surface area contributed by atoms with Gasteiger partial charge in [0.1, 0.15) is 0 Å². The summed E-state index contributed by atoms with van der Waals surface area (Å²) in [6.45, 7) is 13.6. The Balaban J connectivity index is 2.64. The Bertz CT molecular complexity index is 359. The van der Waals surface area contributed by atoms with E-state index in [0.29, 0.717) is 6.04 Å². The first-order valence-corrected chi connectivity index (χ1v) is 7.11. The van der Waals surface area contributed by atoms with E-state index in [9.17, 15) is 0 Å². The summed E-state index contributed by atoms with van der Waals surface area (Å²) in [5.74, 6) is 0. The van der Waals surface area contributed by atoms with E-state index in [1.807, 2.05) is 0 Å². The summed E-state index contributed by atoms with van der Waals surface area (Å²) >= 11 is 0. The highest BCUT2D eigenvalue weighted by Crippen LogP contribution is 2.12.